The Bertz CT molecular complexity index is 1080. The van der Waals surface area contributed by atoms with E-state index in [0.29, 0.717) is 32.5 Å². The van der Waals surface area contributed by atoms with Crippen molar-refractivity contribution in [2.24, 2.45) is 5.92 Å². The summed E-state index contributed by atoms with van der Waals surface area (Å²) in [6.45, 7) is 1.53. The van der Waals surface area contributed by atoms with Crippen molar-refractivity contribution in [3.63, 3.8) is 0 Å². The third kappa shape index (κ3) is 5.77. The molecule has 2 heterocycles. The van der Waals surface area contributed by atoms with Crippen LogP contribution in [-0.2, 0) is 16.1 Å². The first-order chi connectivity index (χ1) is 15.6. The monoisotopic (exact) mass is 492 g/mol. The van der Waals surface area contributed by atoms with Crippen molar-refractivity contribution in [3.8, 4) is 11.3 Å². The quantitative estimate of drug-likeness (QED) is 0.476. The zero-order chi connectivity index (χ0) is 22.3. The SMILES string of the molecule is O=C(NCc1ccc(-c2ccc(Br)cc2)o1)C1CCN(C(=O)/C=C/c2ccccc2)CC1. The maximum Gasteiger partial charge on any atom is 0.246 e. The van der Waals surface area contributed by atoms with E-state index >= 15 is 0 Å². The lowest BCUT2D eigenvalue weighted by Gasteiger charge is -2.30. The van der Waals surface area contributed by atoms with E-state index in [-0.39, 0.29) is 17.7 Å². The molecular formula is C26H25BrN2O3. The van der Waals surface area contributed by atoms with Gasteiger partial charge in [-0.25, -0.2) is 0 Å². The lowest BCUT2D eigenvalue weighted by molar-refractivity contribution is -0.132. The van der Waals surface area contributed by atoms with Crippen molar-refractivity contribution in [1.82, 2.24) is 10.2 Å². The summed E-state index contributed by atoms with van der Waals surface area (Å²) in [5, 5.41) is 2.98. The van der Waals surface area contributed by atoms with Crippen LogP contribution in [0.25, 0.3) is 17.4 Å². The fraction of sp³-hybridized carbons (Fsp3) is 0.231. The van der Waals surface area contributed by atoms with Gasteiger partial charge in [-0.05, 0) is 48.7 Å². The van der Waals surface area contributed by atoms with Crippen molar-refractivity contribution < 1.29 is 14.0 Å². The summed E-state index contributed by atoms with van der Waals surface area (Å²) in [6, 6.07) is 21.4. The molecule has 2 aromatic carbocycles. The van der Waals surface area contributed by atoms with Crippen LogP contribution in [-0.4, -0.2) is 29.8 Å². The summed E-state index contributed by atoms with van der Waals surface area (Å²) in [5.74, 6) is 1.41. The fourth-order valence-corrected chi connectivity index (χ4v) is 4.02. The second-order valence-corrected chi connectivity index (χ2v) is 8.75. The number of benzene rings is 2. The largest absolute Gasteiger partial charge is 0.459 e. The van der Waals surface area contributed by atoms with Gasteiger partial charge < -0.3 is 14.6 Å². The molecule has 0 radical (unpaired) electrons. The highest BCUT2D eigenvalue weighted by Gasteiger charge is 2.26. The molecule has 0 bridgehead atoms. The molecule has 32 heavy (non-hydrogen) atoms. The number of rotatable bonds is 6. The van der Waals surface area contributed by atoms with E-state index in [2.05, 4.69) is 21.2 Å². The van der Waals surface area contributed by atoms with Crippen molar-refractivity contribution in [2.75, 3.05) is 13.1 Å². The third-order valence-corrected chi connectivity index (χ3v) is 6.15. The Morgan fingerprint density at radius 2 is 1.72 bits per heavy atom. The molecule has 0 saturated carbocycles. The van der Waals surface area contributed by atoms with Gasteiger partial charge in [0.15, 0.2) is 0 Å². The second kappa shape index (κ2) is 10.5. The highest BCUT2D eigenvalue weighted by Crippen LogP contribution is 2.24. The van der Waals surface area contributed by atoms with Gasteiger partial charge in [0.1, 0.15) is 11.5 Å². The number of likely N-dealkylation sites (tertiary alicyclic amines) is 1. The second-order valence-electron chi connectivity index (χ2n) is 7.83. The molecule has 6 heteroatoms. The van der Waals surface area contributed by atoms with Crippen LogP contribution in [0.2, 0.25) is 0 Å². The number of hydrogen-bond acceptors (Lipinski definition) is 3. The molecule has 0 aliphatic carbocycles. The van der Waals surface area contributed by atoms with Crippen molar-refractivity contribution in [2.45, 2.75) is 19.4 Å². The Morgan fingerprint density at radius 1 is 1.00 bits per heavy atom. The standard InChI is InChI=1S/C26H25BrN2O3/c27-22-9-7-20(8-10-22)24-12-11-23(32-24)18-28-26(31)21-14-16-29(17-15-21)25(30)13-6-19-4-2-1-3-5-19/h1-13,21H,14-18H2,(H,28,31)/b13-6+. The van der Waals surface area contributed by atoms with Crippen LogP contribution >= 0.6 is 15.9 Å². The van der Waals surface area contributed by atoms with E-state index in [4.69, 9.17) is 4.42 Å². The van der Waals surface area contributed by atoms with Crippen LogP contribution in [0, 0.1) is 5.92 Å². The van der Waals surface area contributed by atoms with Gasteiger partial charge in [0, 0.05) is 35.1 Å². The number of amides is 2. The van der Waals surface area contributed by atoms with Gasteiger partial charge in [-0.2, -0.15) is 0 Å². The molecule has 1 aliphatic heterocycles. The number of hydrogen-bond donors (Lipinski definition) is 1. The Morgan fingerprint density at radius 3 is 2.44 bits per heavy atom. The van der Waals surface area contributed by atoms with Gasteiger partial charge in [0.2, 0.25) is 11.8 Å². The zero-order valence-corrected chi connectivity index (χ0v) is 19.3. The molecule has 1 aliphatic rings. The molecule has 1 saturated heterocycles. The summed E-state index contributed by atoms with van der Waals surface area (Å²) < 4.78 is 6.88. The topological polar surface area (TPSA) is 62.6 Å². The maximum atomic E-state index is 12.6. The Kier molecular flexibility index (Phi) is 7.22. The molecular weight excluding hydrogens is 468 g/mol. The van der Waals surface area contributed by atoms with Gasteiger partial charge in [0.05, 0.1) is 6.54 Å². The first kappa shape index (κ1) is 22.1. The third-order valence-electron chi connectivity index (χ3n) is 5.62. The molecule has 1 fully saturated rings. The summed E-state index contributed by atoms with van der Waals surface area (Å²) in [4.78, 5) is 26.8. The van der Waals surface area contributed by atoms with Gasteiger partial charge in [-0.3, -0.25) is 9.59 Å². The lowest BCUT2D eigenvalue weighted by Crippen LogP contribution is -2.42. The molecule has 5 nitrogen and oxygen atoms in total. The average Bonchev–Trinajstić information content (AvgIpc) is 3.31. The van der Waals surface area contributed by atoms with E-state index in [1.54, 1.807) is 11.0 Å². The maximum absolute atomic E-state index is 12.6. The van der Waals surface area contributed by atoms with Crippen LogP contribution in [0.15, 0.2) is 81.7 Å². The first-order valence-corrected chi connectivity index (χ1v) is 11.5. The highest BCUT2D eigenvalue weighted by atomic mass is 79.9. The van der Waals surface area contributed by atoms with Crippen LogP contribution < -0.4 is 5.32 Å². The van der Waals surface area contributed by atoms with Gasteiger partial charge in [-0.1, -0.05) is 58.4 Å². The molecule has 1 N–H and O–H groups in total. The minimum Gasteiger partial charge on any atom is -0.459 e. The Labute approximate surface area is 196 Å². The van der Waals surface area contributed by atoms with Crippen LogP contribution in [0.5, 0.6) is 0 Å². The van der Waals surface area contributed by atoms with E-state index in [1.807, 2.05) is 72.8 Å². The number of carbonyl (C=O) groups excluding carboxylic acids is 2. The number of furan rings is 1. The average molecular weight is 493 g/mol. The summed E-state index contributed by atoms with van der Waals surface area (Å²) >= 11 is 3.43. The van der Waals surface area contributed by atoms with E-state index in [0.717, 1.165) is 27.1 Å². The van der Waals surface area contributed by atoms with Crippen LogP contribution in [0.1, 0.15) is 24.2 Å². The number of nitrogens with one attached hydrogen (secondary N) is 1. The Balaban J connectivity index is 1.23. The first-order valence-electron chi connectivity index (χ1n) is 10.7. The molecule has 0 atom stereocenters. The summed E-state index contributed by atoms with van der Waals surface area (Å²) in [5.41, 5.74) is 1.99. The predicted molar refractivity (Wildman–Crippen MR) is 128 cm³/mol. The zero-order valence-electron chi connectivity index (χ0n) is 17.7. The number of piperidine rings is 1. The highest BCUT2D eigenvalue weighted by molar-refractivity contribution is 9.10. The minimum atomic E-state index is -0.0851. The molecule has 164 valence electrons. The van der Waals surface area contributed by atoms with E-state index in [9.17, 15) is 9.59 Å². The number of nitrogens with zero attached hydrogens (tertiary/aromatic N) is 1. The number of carbonyl (C=O) groups is 2. The molecule has 2 amide bonds. The van der Waals surface area contributed by atoms with E-state index in [1.165, 1.54) is 0 Å². The van der Waals surface area contributed by atoms with Gasteiger partial charge >= 0.3 is 0 Å². The summed E-state index contributed by atoms with van der Waals surface area (Å²) in [7, 11) is 0. The molecule has 4 rings (SSSR count). The predicted octanol–water partition coefficient (Wildman–Crippen LogP) is 5.28. The van der Waals surface area contributed by atoms with Crippen LogP contribution in [0.3, 0.4) is 0 Å². The van der Waals surface area contributed by atoms with Crippen molar-refractivity contribution in [3.05, 3.63) is 88.6 Å². The molecule has 0 spiro atoms. The number of halogens is 1. The normalized spacial score (nSPS) is 14.6. The Hall–Kier alpha value is -3.12. The molecule has 1 aromatic heterocycles. The van der Waals surface area contributed by atoms with Gasteiger partial charge in [0.25, 0.3) is 0 Å². The summed E-state index contributed by atoms with van der Waals surface area (Å²) in [6.07, 6.45) is 4.76. The van der Waals surface area contributed by atoms with Crippen LogP contribution in [0.4, 0.5) is 0 Å². The smallest absolute Gasteiger partial charge is 0.246 e. The molecule has 0 unspecified atom stereocenters. The fourth-order valence-electron chi connectivity index (χ4n) is 3.76. The lowest BCUT2D eigenvalue weighted by atomic mass is 9.96. The minimum absolute atomic E-state index is 0.0104. The van der Waals surface area contributed by atoms with Crippen molar-refractivity contribution >= 4 is 33.8 Å². The van der Waals surface area contributed by atoms with Crippen molar-refractivity contribution in [1.29, 1.82) is 0 Å². The van der Waals surface area contributed by atoms with Gasteiger partial charge in [-0.15, -0.1) is 0 Å². The molecule has 3 aromatic rings. The van der Waals surface area contributed by atoms with E-state index < -0.39 is 0 Å².